The fourth-order valence-electron chi connectivity index (χ4n) is 4.82. The topological polar surface area (TPSA) is 88.5 Å². The second-order valence-corrected chi connectivity index (χ2v) is 12.1. The van der Waals surface area contributed by atoms with Crippen LogP contribution in [0.25, 0.3) is 0 Å². The SMILES string of the molecule is CCc1cc2c(nc1Cl)CC(C(C)C1CC1)C(C)C(=O)C(=NCc1ccc(S(C)(=O)=O)cc1)N2. The molecule has 3 unspecified atom stereocenters. The van der Waals surface area contributed by atoms with Crippen LogP contribution in [0.1, 0.15) is 50.4 Å². The maximum Gasteiger partial charge on any atom is 0.200 e. The number of aryl methyl sites for hydroxylation is 1. The third-order valence-electron chi connectivity index (χ3n) is 7.29. The van der Waals surface area contributed by atoms with Gasteiger partial charge < -0.3 is 5.32 Å². The van der Waals surface area contributed by atoms with Crippen LogP contribution in [0.2, 0.25) is 5.15 Å². The number of amidine groups is 1. The molecule has 1 aromatic heterocycles. The molecule has 3 atom stereocenters. The molecule has 6 nitrogen and oxygen atoms in total. The molecule has 0 saturated heterocycles. The van der Waals surface area contributed by atoms with Crippen LogP contribution in [0.15, 0.2) is 40.2 Å². The number of hydrogen-bond donors (Lipinski definition) is 1. The van der Waals surface area contributed by atoms with E-state index >= 15 is 0 Å². The Kier molecular flexibility index (Phi) is 7.15. The summed E-state index contributed by atoms with van der Waals surface area (Å²) in [5.41, 5.74) is 3.43. The first kappa shape index (κ1) is 24.9. The van der Waals surface area contributed by atoms with E-state index in [1.165, 1.54) is 19.1 Å². The molecule has 182 valence electrons. The molecule has 1 saturated carbocycles. The van der Waals surface area contributed by atoms with Crippen LogP contribution in [0.3, 0.4) is 0 Å². The second-order valence-electron chi connectivity index (χ2n) is 9.71. The van der Waals surface area contributed by atoms with E-state index in [-0.39, 0.29) is 29.1 Å². The number of halogens is 1. The summed E-state index contributed by atoms with van der Waals surface area (Å²) in [5.74, 6) is 1.37. The molecule has 0 radical (unpaired) electrons. The number of carbonyl (C=O) groups is 1. The van der Waals surface area contributed by atoms with Crippen molar-refractivity contribution < 1.29 is 13.2 Å². The lowest BCUT2D eigenvalue weighted by atomic mass is 9.75. The van der Waals surface area contributed by atoms with E-state index in [0.717, 1.165) is 28.9 Å². The largest absolute Gasteiger partial charge is 0.336 e. The maximum atomic E-state index is 13.6. The fourth-order valence-corrected chi connectivity index (χ4v) is 5.74. The lowest BCUT2D eigenvalue weighted by Gasteiger charge is -2.32. The van der Waals surface area contributed by atoms with E-state index < -0.39 is 9.84 Å². The lowest BCUT2D eigenvalue weighted by Crippen LogP contribution is -2.39. The zero-order chi connectivity index (χ0) is 24.6. The molecule has 0 bridgehead atoms. The third-order valence-corrected chi connectivity index (χ3v) is 8.75. The van der Waals surface area contributed by atoms with E-state index in [4.69, 9.17) is 16.6 Å². The molecule has 1 aromatic carbocycles. The number of fused-ring (bicyclic) bond motifs is 1. The first-order chi connectivity index (χ1) is 16.1. The minimum absolute atomic E-state index is 0.00362. The summed E-state index contributed by atoms with van der Waals surface area (Å²) in [6.45, 7) is 6.54. The van der Waals surface area contributed by atoms with E-state index in [9.17, 15) is 13.2 Å². The van der Waals surface area contributed by atoms with Crippen molar-refractivity contribution in [2.24, 2.45) is 28.7 Å². The first-order valence-corrected chi connectivity index (χ1v) is 14.2. The summed E-state index contributed by atoms with van der Waals surface area (Å²) in [4.78, 5) is 23.2. The third kappa shape index (κ3) is 5.36. The van der Waals surface area contributed by atoms with Gasteiger partial charge in [-0.3, -0.25) is 9.79 Å². The van der Waals surface area contributed by atoms with Gasteiger partial charge in [0.1, 0.15) is 5.15 Å². The average molecular weight is 502 g/mol. The summed E-state index contributed by atoms with van der Waals surface area (Å²) in [7, 11) is -3.26. The molecule has 8 heteroatoms. The highest BCUT2D eigenvalue weighted by Gasteiger charge is 2.40. The molecule has 1 aliphatic carbocycles. The number of carbonyl (C=O) groups excluding carboxylic acids is 1. The lowest BCUT2D eigenvalue weighted by molar-refractivity contribution is -0.118. The molecule has 4 rings (SSSR count). The van der Waals surface area contributed by atoms with Gasteiger partial charge in [0.05, 0.1) is 22.8 Å². The van der Waals surface area contributed by atoms with Gasteiger partial charge in [-0.2, -0.15) is 0 Å². The Bertz CT molecular complexity index is 1220. The molecule has 0 spiro atoms. The Morgan fingerprint density at radius 3 is 2.50 bits per heavy atom. The molecule has 1 fully saturated rings. The predicted octanol–water partition coefficient (Wildman–Crippen LogP) is 5.14. The van der Waals surface area contributed by atoms with Gasteiger partial charge in [0.2, 0.25) is 5.78 Å². The van der Waals surface area contributed by atoms with Crippen LogP contribution in [0.4, 0.5) is 5.69 Å². The van der Waals surface area contributed by atoms with Crippen molar-refractivity contribution >= 4 is 38.7 Å². The van der Waals surface area contributed by atoms with Crippen LogP contribution in [-0.4, -0.2) is 31.3 Å². The van der Waals surface area contributed by atoms with Crippen LogP contribution in [0.5, 0.6) is 0 Å². The number of hydrogen-bond acceptors (Lipinski definition) is 5. The van der Waals surface area contributed by atoms with Crippen LogP contribution >= 0.6 is 11.6 Å². The van der Waals surface area contributed by atoms with Crippen molar-refractivity contribution in [2.75, 3.05) is 11.6 Å². The monoisotopic (exact) mass is 501 g/mol. The van der Waals surface area contributed by atoms with Gasteiger partial charge in [-0.15, -0.1) is 0 Å². The highest BCUT2D eigenvalue weighted by atomic mass is 35.5. The number of benzene rings is 1. The standard InChI is InChI=1S/C26H32ClN3O3S/c1-5-18-12-22-23(29-25(18)27)13-21(15(2)19-8-9-19)16(3)24(31)26(30-22)28-14-17-6-10-20(11-7-17)34(4,32)33/h6-7,10-12,15-16,19,21H,5,8-9,13-14H2,1-4H3,(H,28,30). The summed E-state index contributed by atoms with van der Waals surface area (Å²) < 4.78 is 23.5. The summed E-state index contributed by atoms with van der Waals surface area (Å²) in [6, 6.07) is 8.61. The van der Waals surface area contributed by atoms with E-state index in [0.29, 0.717) is 29.2 Å². The van der Waals surface area contributed by atoms with Crippen LogP contribution in [-0.2, 0) is 34.0 Å². The highest BCUT2D eigenvalue weighted by Crippen LogP contribution is 2.44. The van der Waals surface area contributed by atoms with Gasteiger partial charge >= 0.3 is 0 Å². The number of aromatic nitrogens is 1. The summed E-state index contributed by atoms with van der Waals surface area (Å²) in [5, 5.41) is 3.79. The Labute approximate surface area is 207 Å². The van der Waals surface area contributed by atoms with Gasteiger partial charge in [0.25, 0.3) is 0 Å². The Morgan fingerprint density at radius 2 is 1.91 bits per heavy atom. The number of pyridine rings is 1. The predicted molar refractivity (Wildman–Crippen MR) is 136 cm³/mol. The van der Waals surface area contributed by atoms with Crippen molar-refractivity contribution in [3.63, 3.8) is 0 Å². The van der Waals surface area contributed by atoms with Gasteiger partial charge in [-0.1, -0.05) is 44.5 Å². The number of sulfone groups is 1. The fraction of sp³-hybridized carbons (Fsp3) is 0.500. The number of ketones is 1. The minimum atomic E-state index is -3.26. The Hall–Kier alpha value is -2.25. The number of Topliss-reactive ketones (excluding diaryl/α,β-unsaturated/α-hetero) is 1. The number of nitrogens with zero attached hydrogens (tertiary/aromatic N) is 2. The Morgan fingerprint density at radius 1 is 1.24 bits per heavy atom. The molecule has 0 amide bonds. The first-order valence-electron chi connectivity index (χ1n) is 11.9. The second kappa shape index (κ2) is 9.78. The molecule has 1 N–H and O–H groups in total. The quantitative estimate of drug-likeness (QED) is 0.554. The molecule has 2 aliphatic rings. The molecule has 2 heterocycles. The van der Waals surface area contributed by atoms with E-state index in [2.05, 4.69) is 17.2 Å². The van der Waals surface area contributed by atoms with E-state index in [1.54, 1.807) is 24.3 Å². The molecular weight excluding hydrogens is 470 g/mol. The van der Waals surface area contributed by atoms with Crippen molar-refractivity contribution in [1.82, 2.24) is 4.98 Å². The van der Waals surface area contributed by atoms with Crippen molar-refractivity contribution in [3.8, 4) is 0 Å². The highest BCUT2D eigenvalue weighted by molar-refractivity contribution is 7.90. The van der Waals surface area contributed by atoms with Crippen LogP contribution < -0.4 is 5.32 Å². The normalized spacial score (nSPS) is 23.1. The van der Waals surface area contributed by atoms with Crippen molar-refractivity contribution in [2.45, 2.75) is 57.9 Å². The molecule has 1 aliphatic heterocycles. The zero-order valence-corrected chi connectivity index (χ0v) is 21.7. The average Bonchev–Trinajstić information content (AvgIpc) is 3.64. The van der Waals surface area contributed by atoms with Crippen molar-refractivity contribution in [3.05, 3.63) is 52.3 Å². The smallest absolute Gasteiger partial charge is 0.200 e. The minimum Gasteiger partial charge on any atom is -0.336 e. The summed E-state index contributed by atoms with van der Waals surface area (Å²) in [6.07, 6.45) is 5.07. The number of rotatable bonds is 6. The summed E-state index contributed by atoms with van der Waals surface area (Å²) >= 11 is 6.47. The number of aliphatic imine (C=N–C) groups is 1. The van der Waals surface area contributed by atoms with Gasteiger partial charge in [0.15, 0.2) is 15.7 Å². The van der Waals surface area contributed by atoms with E-state index in [1.807, 2.05) is 19.9 Å². The molecular formula is C26H32ClN3O3S. The number of nitrogens with one attached hydrogen (secondary N) is 1. The zero-order valence-electron chi connectivity index (χ0n) is 20.1. The Balaban J connectivity index is 1.69. The van der Waals surface area contributed by atoms with Gasteiger partial charge in [-0.05, 0) is 72.8 Å². The van der Waals surface area contributed by atoms with Crippen LogP contribution in [0, 0.1) is 23.7 Å². The van der Waals surface area contributed by atoms with Crippen molar-refractivity contribution in [1.29, 1.82) is 0 Å². The molecule has 2 aromatic rings. The number of anilines is 1. The molecule has 34 heavy (non-hydrogen) atoms. The van der Waals surface area contributed by atoms with Gasteiger partial charge in [-0.25, -0.2) is 13.4 Å². The maximum absolute atomic E-state index is 13.6. The van der Waals surface area contributed by atoms with Gasteiger partial charge in [0, 0.05) is 12.2 Å².